The Morgan fingerprint density at radius 2 is 1.60 bits per heavy atom. The van der Waals surface area contributed by atoms with E-state index >= 15 is 0 Å². The molecule has 4 nitrogen and oxygen atoms in total. The summed E-state index contributed by atoms with van der Waals surface area (Å²) < 4.78 is 0. The van der Waals surface area contributed by atoms with E-state index in [1.807, 2.05) is 0 Å². The molecule has 2 aliphatic carbocycles. The van der Waals surface area contributed by atoms with Crippen molar-refractivity contribution in [1.82, 2.24) is 5.32 Å². The normalized spacial score (nSPS) is 22.6. The second-order valence-electron chi connectivity index (χ2n) is 4.84. The number of rotatable bonds is 4. The quantitative estimate of drug-likeness (QED) is 0.706. The van der Waals surface area contributed by atoms with E-state index in [0.717, 1.165) is 25.7 Å². The zero-order valence-corrected chi connectivity index (χ0v) is 9.03. The monoisotopic (exact) mass is 210 g/mol. The molecule has 2 rings (SSSR count). The fraction of sp³-hybridized carbons (Fsp3) is 0.818. The second-order valence-corrected chi connectivity index (χ2v) is 4.84. The van der Waals surface area contributed by atoms with Gasteiger partial charge in [-0.3, -0.25) is 14.9 Å². The highest BCUT2D eigenvalue weighted by molar-refractivity contribution is 5.98. The van der Waals surface area contributed by atoms with E-state index in [4.69, 9.17) is 5.73 Å². The number of carbonyl (C=O) groups excluding carboxylic acids is 2. The third kappa shape index (κ3) is 2.56. The number of carbonyl (C=O) groups is 2. The Balaban J connectivity index is 1.90. The molecule has 0 aliphatic heterocycles. The molecule has 3 N–H and O–H groups in total. The van der Waals surface area contributed by atoms with Gasteiger partial charge in [-0.05, 0) is 44.4 Å². The molecule has 0 aromatic heterocycles. The molecular formula is C11H18N2O2. The van der Waals surface area contributed by atoms with E-state index in [0.29, 0.717) is 11.8 Å². The van der Waals surface area contributed by atoms with Crippen LogP contribution in [-0.2, 0) is 9.59 Å². The number of imide groups is 1. The predicted molar refractivity (Wildman–Crippen MR) is 55.7 cm³/mol. The largest absolute Gasteiger partial charge is 0.320 e. The van der Waals surface area contributed by atoms with Crippen molar-refractivity contribution >= 4 is 11.8 Å². The molecule has 0 unspecified atom stereocenters. The van der Waals surface area contributed by atoms with Crippen LogP contribution < -0.4 is 11.1 Å². The van der Waals surface area contributed by atoms with Crippen molar-refractivity contribution < 1.29 is 9.59 Å². The van der Waals surface area contributed by atoms with Gasteiger partial charge in [-0.2, -0.15) is 0 Å². The lowest BCUT2D eigenvalue weighted by molar-refractivity contribution is -0.134. The fourth-order valence-electron chi connectivity index (χ4n) is 2.04. The molecule has 2 aliphatic rings. The second kappa shape index (κ2) is 3.93. The molecule has 0 saturated heterocycles. The summed E-state index contributed by atoms with van der Waals surface area (Å²) in [5.74, 6) is 0.679. The van der Waals surface area contributed by atoms with Crippen molar-refractivity contribution in [1.29, 1.82) is 0 Å². The van der Waals surface area contributed by atoms with Crippen LogP contribution in [0, 0.1) is 17.8 Å². The molecule has 1 atom stereocenters. The van der Waals surface area contributed by atoms with Crippen LogP contribution in [0.1, 0.15) is 32.6 Å². The van der Waals surface area contributed by atoms with Crippen molar-refractivity contribution in [2.45, 2.75) is 38.6 Å². The first-order valence-corrected chi connectivity index (χ1v) is 5.70. The van der Waals surface area contributed by atoms with Crippen molar-refractivity contribution in [2.75, 3.05) is 0 Å². The van der Waals surface area contributed by atoms with Crippen LogP contribution in [0.25, 0.3) is 0 Å². The van der Waals surface area contributed by atoms with Crippen LogP contribution in [0.3, 0.4) is 0 Å². The molecule has 4 heteroatoms. The molecular weight excluding hydrogens is 192 g/mol. The summed E-state index contributed by atoms with van der Waals surface area (Å²) in [4.78, 5) is 23.1. The van der Waals surface area contributed by atoms with E-state index in [9.17, 15) is 9.59 Å². The maximum Gasteiger partial charge on any atom is 0.243 e. The molecule has 0 aromatic rings. The van der Waals surface area contributed by atoms with Gasteiger partial charge >= 0.3 is 0 Å². The van der Waals surface area contributed by atoms with Crippen LogP contribution in [0.15, 0.2) is 0 Å². The zero-order chi connectivity index (χ0) is 11.0. The lowest BCUT2D eigenvalue weighted by Crippen LogP contribution is -2.45. The first-order chi connectivity index (χ1) is 7.09. The van der Waals surface area contributed by atoms with Gasteiger partial charge in [0.1, 0.15) is 0 Å². The van der Waals surface area contributed by atoms with Crippen molar-refractivity contribution in [2.24, 2.45) is 23.5 Å². The molecule has 0 bridgehead atoms. The van der Waals surface area contributed by atoms with Gasteiger partial charge < -0.3 is 5.73 Å². The molecule has 0 aromatic carbocycles. The van der Waals surface area contributed by atoms with Gasteiger partial charge in [-0.1, -0.05) is 0 Å². The third-order valence-electron chi connectivity index (χ3n) is 3.22. The minimum absolute atomic E-state index is 0.0766. The minimum atomic E-state index is -0.604. The van der Waals surface area contributed by atoms with Gasteiger partial charge in [0, 0.05) is 5.92 Å². The van der Waals surface area contributed by atoms with E-state index in [1.165, 1.54) is 0 Å². The van der Waals surface area contributed by atoms with Crippen LogP contribution in [0.2, 0.25) is 0 Å². The van der Waals surface area contributed by atoms with Crippen molar-refractivity contribution in [3.63, 3.8) is 0 Å². The van der Waals surface area contributed by atoms with E-state index < -0.39 is 6.04 Å². The Kier molecular flexibility index (Phi) is 2.78. The first kappa shape index (κ1) is 10.6. The number of amides is 2. The Labute approximate surface area is 89.6 Å². The number of nitrogens with two attached hydrogens (primary N) is 1. The van der Waals surface area contributed by atoms with Crippen LogP contribution >= 0.6 is 0 Å². The predicted octanol–water partition coefficient (Wildman–Crippen LogP) is 0.413. The minimum Gasteiger partial charge on any atom is -0.320 e. The van der Waals surface area contributed by atoms with E-state index in [2.05, 4.69) is 5.32 Å². The average molecular weight is 210 g/mol. The molecule has 0 radical (unpaired) electrons. The van der Waals surface area contributed by atoms with E-state index in [-0.39, 0.29) is 17.7 Å². The fourth-order valence-corrected chi connectivity index (χ4v) is 2.04. The summed E-state index contributed by atoms with van der Waals surface area (Å²) in [6.45, 7) is 1.59. The number of hydrogen-bond acceptors (Lipinski definition) is 3. The standard InChI is InChI=1S/C11H18N2O2/c1-6(12)10(14)13-11(15)9(7-2-3-7)8-4-5-8/h6-9H,2-5,12H2,1H3,(H,13,14,15)/t6-/m0/s1. The van der Waals surface area contributed by atoms with Crippen molar-refractivity contribution in [3.8, 4) is 0 Å². The lowest BCUT2D eigenvalue weighted by atomic mass is 9.97. The Morgan fingerprint density at radius 1 is 1.13 bits per heavy atom. The summed E-state index contributed by atoms with van der Waals surface area (Å²) in [5.41, 5.74) is 5.40. The Hall–Kier alpha value is -0.900. The van der Waals surface area contributed by atoms with Crippen molar-refractivity contribution in [3.05, 3.63) is 0 Å². The maximum absolute atomic E-state index is 11.8. The van der Waals surface area contributed by atoms with Gasteiger partial charge in [0.2, 0.25) is 11.8 Å². The third-order valence-corrected chi connectivity index (χ3v) is 3.22. The van der Waals surface area contributed by atoms with Gasteiger partial charge in [-0.15, -0.1) is 0 Å². The number of hydrogen-bond donors (Lipinski definition) is 2. The maximum atomic E-state index is 11.8. The Bertz CT molecular complexity index is 268. The van der Waals surface area contributed by atoms with Crippen LogP contribution in [0.5, 0.6) is 0 Å². The van der Waals surface area contributed by atoms with Crippen LogP contribution in [0.4, 0.5) is 0 Å². The topological polar surface area (TPSA) is 72.2 Å². The summed E-state index contributed by atoms with van der Waals surface area (Å²) in [7, 11) is 0. The molecule has 0 heterocycles. The van der Waals surface area contributed by atoms with Gasteiger partial charge in [-0.25, -0.2) is 0 Å². The zero-order valence-electron chi connectivity index (χ0n) is 9.03. The summed E-state index contributed by atoms with van der Waals surface area (Å²) in [6.07, 6.45) is 4.56. The summed E-state index contributed by atoms with van der Waals surface area (Å²) in [6, 6.07) is -0.604. The van der Waals surface area contributed by atoms with E-state index in [1.54, 1.807) is 6.92 Å². The highest BCUT2D eigenvalue weighted by atomic mass is 16.2. The molecule has 0 spiro atoms. The smallest absolute Gasteiger partial charge is 0.243 e. The average Bonchev–Trinajstić information content (AvgIpc) is 2.97. The van der Waals surface area contributed by atoms with Gasteiger partial charge in [0.05, 0.1) is 6.04 Å². The summed E-state index contributed by atoms with van der Waals surface area (Å²) >= 11 is 0. The Morgan fingerprint density at radius 3 is 1.93 bits per heavy atom. The highest BCUT2D eigenvalue weighted by Crippen LogP contribution is 2.49. The molecule has 2 amide bonds. The van der Waals surface area contributed by atoms with Gasteiger partial charge in [0.25, 0.3) is 0 Å². The number of nitrogens with one attached hydrogen (secondary N) is 1. The van der Waals surface area contributed by atoms with Crippen LogP contribution in [-0.4, -0.2) is 17.9 Å². The molecule has 2 fully saturated rings. The highest BCUT2D eigenvalue weighted by Gasteiger charge is 2.45. The molecule has 84 valence electrons. The first-order valence-electron chi connectivity index (χ1n) is 5.70. The SMILES string of the molecule is C[C@H](N)C(=O)NC(=O)C(C1CC1)C1CC1. The summed E-state index contributed by atoms with van der Waals surface area (Å²) in [5, 5.41) is 2.42. The molecule has 15 heavy (non-hydrogen) atoms. The lowest BCUT2D eigenvalue weighted by Gasteiger charge is -2.15. The van der Waals surface area contributed by atoms with Gasteiger partial charge in [0.15, 0.2) is 0 Å². The molecule has 2 saturated carbocycles.